The molecule has 4 N–H and O–H groups in total. The second kappa shape index (κ2) is 4.72. The van der Waals surface area contributed by atoms with Gasteiger partial charge in [0.1, 0.15) is 0 Å². The molecule has 0 heterocycles. The van der Waals surface area contributed by atoms with Crippen LogP contribution in [0.1, 0.15) is 44.9 Å². The lowest BCUT2D eigenvalue weighted by molar-refractivity contribution is -0.124. The smallest absolute Gasteiger partial charge is 0.222 e. The van der Waals surface area contributed by atoms with E-state index in [9.17, 15) is 4.79 Å². The molecule has 2 unspecified atom stereocenters. The van der Waals surface area contributed by atoms with E-state index in [0.29, 0.717) is 6.42 Å². The van der Waals surface area contributed by atoms with Crippen molar-refractivity contribution in [3.8, 4) is 0 Å². The van der Waals surface area contributed by atoms with Gasteiger partial charge in [0.05, 0.1) is 0 Å². The van der Waals surface area contributed by atoms with Gasteiger partial charge in [0.15, 0.2) is 0 Å². The van der Waals surface area contributed by atoms with Crippen molar-refractivity contribution < 1.29 is 9.90 Å². The molecule has 1 amide bonds. The van der Waals surface area contributed by atoms with Crippen LogP contribution in [0, 0.1) is 5.92 Å². The molecule has 2 fully saturated rings. The monoisotopic (exact) mass is 226 g/mol. The summed E-state index contributed by atoms with van der Waals surface area (Å²) in [6.45, 7) is 0.179. The first-order valence-electron chi connectivity index (χ1n) is 6.32. The molecule has 0 saturated heterocycles. The molecule has 0 radical (unpaired) electrons. The largest absolute Gasteiger partial charge is 0.396 e. The van der Waals surface area contributed by atoms with Crippen LogP contribution in [0.2, 0.25) is 0 Å². The van der Waals surface area contributed by atoms with Gasteiger partial charge in [0, 0.05) is 30.5 Å². The Morgan fingerprint density at radius 2 is 2.12 bits per heavy atom. The van der Waals surface area contributed by atoms with Crippen molar-refractivity contribution in [3.05, 3.63) is 0 Å². The van der Waals surface area contributed by atoms with Crippen molar-refractivity contribution in [2.75, 3.05) is 6.61 Å². The number of rotatable bonds is 4. The fraction of sp³-hybridized carbons (Fsp3) is 0.917. The fourth-order valence-corrected chi connectivity index (χ4v) is 2.83. The van der Waals surface area contributed by atoms with Crippen LogP contribution in [0.5, 0.6) is 0 Å². The summed E-state index contributed by atoms with van der Waals surface area (Å²) in [6, 6.07) is 0.168. The topological polar surface area (TPSA) is 75.4 Å². The molecule has 0 bridgehead atoms. The Bertz CT molecular complexity index is 264. The van der Waals surface area contributed by atoms with Crippen LogP contribution in [0.25, 0.3) is 0 Å². The average Bonchev–Trinajstić information content (AvgIpc) is 2.62. The number of aliphatic hydroxyl groups excluding tert-OH is 1. The third-order valence-electron chi connectivity index (χ3n) is 4.10. The number of aliphatic hydroxyl groups is 1. The molecule has 2 rings (SSSR count). The predicted octanol–water partition coefficient (Wildman–Crippen LogP) is 0.535. The molecule has 2 atom stereocenters. The highest BCUT2D eigenvalue weighted by Gasteiger charge is 2.36. The van der Waals surface area contributed by atoms with E-state index < -0.39 is 0 Å². The van der Waals surface area contributed by atoms with Gasteiger partial charge in [-0.2, -0.15) is 0 Å². The minimum absolute atomic E-state index is 0.0625. The zero-order valence-electron chi connectivity index (χ0n) is 9.74. The summed E-state index contributed by atoms with van der Waals surface area (Å²) < 4.78 is 0. The van der Waals surface area contributed by atoms with E-state index >= 15 is 0 Å². The standard InChI is InChI=1S/C12H22N2O2/c13-12(5-2-6-12)7-11(16)14-10-4-1-3-9(10)8-15/h9-10,15H,1-8,13H2,(H,14,16). The number of hydrogen-bond acceptors (Lipinski definition) is 3. The Hall–Kier alpha value is -0.610. The van der Waals surface area contributed by atoms with E-state index in [1.807, 2.05) is 0 Å². The first-order chi connectivity index (χ1) is 7.63. The summed E-state index contributed by atoms with van der Waals surface area (Å²) in [6.07, 6.45) is 6.64. The van der Waals surface area contributed by atoms with Gasteiger partial charge in [-0.25, -0.2) is 0 Å². The Morgan fingerprint density at radius 1 is 1.38 bits per heavy atom. The van der Waals surface area contributed by atoms with Crippen LogP contribution in [0.15, 0.2) is 0 Å². The maximum Gasteiger partial charge on any atom is 0.222 e. The van der Waals surface area contributed by atoms with Crippen LogP contribution in [0.3, 0.4) is 0 Å². The predicted molar refractivity (Wildman–Crippen MR) is 61.7 cm³/mol. The molecular formula is C12H22N2O2. The third kappa shape index (κ3) is 2.55. The second-order valence-corrected chi connectivity index (χ2v) is 5.44. The molecule has 4 nitrogen and oxygen atoms in total. The minimum atomic E-state index is -0.239. The third-order valence-corrected chi connectivity index (χ3v) is 4.10. The van der Waals surface area contributed by atoms with E-state index in [4.69, 9.17) is 10.8 Å². The zero-order chi connectivity index (χ0) is 11.6. The van der Waals surface area contributed by atoms with Crippen molar-refractivity contribution in [3.63, 3.8) is 0 Å². The lowest BCUT2D eigenvalue weighted by atomic mass is 9.75. The van der Waals surface area contributed by atoms with Crippen LogP contribution in [-0.2, 0) is 4.79 Å². The molecule has 4 heteroatoms. The highest BCUT2D eigenvalue weighted by molar-refractivity contribution is 5.77. The molecule has 0 aromatic carbocycles. The van der Waals surface area contributed by atoms with Crippen LogP contribution >= 0.6 is 0 Å². The first-order valence-corrected chi connectivity index (χ1v) is 6.32. The molecule has 0 aromatic rings. The number of nitrogens with two attached hydrogens (primary N) is 1. The molecule has 0 aromatic heterocycles. The van der Waals surface area contributed by atoms with Crippen molar-refractivity contribution in [2.24, 2.45) is 11.7 Å². The van der Waals surface area contributed by atoms with Gasteiger partial charge < -0.3 is 16.2 Å². The second-order valence-electron chi connectivity index (χ2n) is 5.44. The van der Waals surface area contributed by atoms with Gasteiger partial charge in [0.2, 0.25) is 5.91 Å². The fourth-order valence-electron chi connectivity index (χ4n) is 2.83. The summed E-state index contributed by atoms with van der Waals surface area (Å²) in [7, 11) is 0. The Kier molecular flexibility index (Phi) is 3.50. The Labute approximate surface area is 96.6 Å². The molecular weight excluding hydrogens is 204 g/mol. The number of hydrogen-bond donors (Lipinski definition) is 3. The van der Waals surface area contributed by atoms with Crippen LogP contribution in [-0.4, -0.2) is 29.2 Å². The van der Waals surface area contributed by atoms with Gasteiger partial charge in [-0.1, -0.05) is 6.42 Å². The number of nitrogens with one attached hydrogen (secondary N) is 1. The zero-order valence-corrected chi connectivity index (χ0v) is 9.74. The normalized spacial score (nSPS) is 32.1. The lowest BCUT2D eigenvalue weighted by Gasteiger charge is -2.37. The SMILES string of the molecule is NC1(CC(=O)NC2CCCC2CO)CCC1. The van der Waals surface area contributed by atoms with Crippen LogP contribution in [0.4, 0.5) is 0 Å². The quantitative estimate of drug-likeness (QED) is 0.654. The highest BCUT2D eigenvalue weighted by Crippen LogP contribution is 2.32. The maximum atomic E-state index is 11.8. The number of amides is 1. The van der Waals surface area contributed by atoms with E-state index in [2.05, 4.69) is 5.32 Å². The van der Waals surface area contributed by atoms with Gasteiger partial charge >= 0.3 is 0 Å². The average molecular weight is 226 g/mol. The Balaban J connectivity index is 1.78. The molecule has 2 saturated carbocycles. The molecule has 0 aliphatic heterocycles. The van der Waals surface area contributed by atoms with Gasteiger partial charge in [-0.3, -0.25) is 4.79 Å². The Morgan fingerprint density at radius 3 is 2.69 bits per heavy atom. The van der Waals surface area contributed by atoms with E-state index in [-0.39, 0.29) is 30.0 Å². The van der Waals surface area contributed by atoms with Crippen molar-refractivity contribution in [1.82, 2.24) is 5.32 Å². The lowest BCUT2D eigenvalue weighted by Crippen LogP contribution is -2.51. The number of carbonyl (C=O) groups is 1. The molecule has 2 aliphatic carbocycles. The van der Waals surface area contributed by atoms with Crippen molar-refractivity contribution in [1.29, 1.82) is 0 Å². The van der Waals surface area contributed by atoms with Crippen molar-refractivity contribution in [2.45, 2.75) is 56.5 Å². The van der Waals surface area contributed by atoms with Crippen molar-refractivity contribution >= 4 is 5.91 Å². The summed E-state index contributed by atoms with van der Waals surface area (Å²) in [5.41, 5.74) is 5.80. The first kappa shape index (κ1) is 11.9. The summed E-state index contributed by atoms with van der Waals surface area (Å²) in [5.74, 6) is 0.312. The van der Waals surface area contributed by atoms with E-state index in [1.54, 1.807) is 0 Å². The van der Waals surface area contributed by atoms with Crippen LogP contribution < -0.4 is 11.1 Å². The molecule has 92 valence electrons. The summed E-state index contributed by atoms with van der Waals surface area (Å²) >= 11 is 0. The van der Waals surface area contributed by atoms with E-state index in [0.717, 1.165) is 38.5 Å². The highest BCUT2D eigenvalue weighted by atomic mass is 16.3. The maximum absolute atomic E-state index is 11.8. The van der Waals surface area contributed by atoms with Gasteiger partial charge in [-0.05, 0) is 32.1 Å². The molecule has 2 aliphatic rings. The molecule has 16 heavy (non-hydrogen) atoms. The van der Waals surface area contributed by atoms with Gasteiger partial charge in [-0.15, -0.1) is 0 Å². The van der Waals surface area contributed by atoms with Gasteiger partial charge in [0.25, 0.3) is 0 Å². The summed E-state index contributed by atoms with van der Waals surface area (Å²) in [4.78, 5) is 11.8. The summed E-state index contributed by atoms with van der Waals surface area (Å²) in [5, 5.41) is 12.2. The van der Waals surface area contributed by atoms with E-state index in [1.165, 1.54) is 0 Å². The number of carbonyl (C=O) groups excluding carboxylic acids is 1. The molecule has 0 spiro atoms. The minimum Gasteiger partial charge on any atom is -0.396 e.